The molecule has 1 unspecified atom stereocenters. The Morgan fingerprint density at radius 3 is 2.60 bits per heavy atom. The molecule has 3 amide bonds. The Bertz CT molecular complexity index is 477. The molecule has 108 valence electrons. The lowest BCUT2D eigenvalue weighted by molar-refractivity contribution is -0.126. The second kappa shape index (κ2) is 6.49. The van der Waals surface area contributed by atoms with Gasteiger partial charge in [0, 0.05) is 7.05 Å². The van der Waals surface area contributed by atoms with E-state index in [2.05, 4.69) is 0 Å². The summed E-state index contributed by atoms with van der Waals surface area (Å²) in [5.41, 5.74) is 1.01. The third kappa shape index (κ3) is 3.55. The number of aliphatic hydroxyl groups excluding tert-OH is 1. The summed E-state index contributed by atoms with van der Waals surface area (Å²) in [5.74, 6) is -0.292. The largest absolute Gasteiger partial charge is 0.389 e. The van der Waals surface area contributed by atoms with Gasteiger partial charge in [0.1, 0.15) is 6.54 Å². The quantitative estimate of drug-likeness (QED) is 0.767. The first kappa shape index (κ1) is 14.5. The van der Waals surface area contributed by atoms with Crippen molar-refractivity contribution in [2.45, 2.75) is 12.7 Å². The Kier molecular flexibility index (Phi) is 4.70. The van der Waals surface area contributed by atoms with E-state index in [1.165, 1.54) is 4.90 Å². The van der Waals surface area contributed by atoms with Crippen LogP contribution in [0.1, 0.15) is 5.56 Å². The van der Waals surface area contributed by atoms with Crippen LogP contribution >= 0.6 is 0 Å². The maximum atomic E-state index is 11.6. The molecule has 0 spiro atoms. The van der Waals surface area contributed by atoms with Gasteiger partial charge in [-0.3, -0.25) is 9.69 Å². The highest BCUT2D eigenvalue weighted by Crippen LogP contribution is 2.09. The number of carbonyl (C=O) groups excluding carboxylic acids is 2. The number of hydrogen-bond acceptors (Lipinski definition) is 4. The van der Waals surface area contributed by atoms with Crippen molar-refractivity contribution in [2.75, 3.05) is 26.7 Å². The number of imide groups is 1. The van der Waals surface area contributed by atoms with Crippen LogP contribution in [0.5, 0.6) is 0 Å². The van der Waals surface area contributed by atoms with Gasteiger partial charge in [-0.2, -0.15) is 0 Å². The van der Waals surface area contributed by atoms with E-state index >= 15 is 0 Å². The van der Waals surface area contributed by atoms with Crippen molar-refractivity contribution in [1.82, 2.24) is 9.80 Å². The van der Waals surface area contributed by atoms with Gasteiger partial charge in [-0.25, -0.2) is 4.79 Å². The van der Waals surface area contributed by atoms with E-state index in [1.807, 2.05) is 30.3 Å². The maximum absolute atomic E-state index is 11.6. The highest BCUT2D eigenvalue weighted by molar-refractivity contribution is 6.01. The lowest BCUT2D eigenvalue weighted by atomic mass is 10.2. The van der Waals surface area contributed by atoms with Crippen LogP contribution in [0, 0.1) is 0 Å². The molecule has 1 aliphatic rings. The average Bonchev–Trinajstić information content (AvgIpc) is 2.67. The molecule has 0 bridgehead atoms. The minimum atomic E-state index is -0.877. The molecule has 6 nitrogen and oxygen atoms in total. The smallest absolute Gasteiger partial charge is 0.327 e. The molecule has 1 heterocycles. The summed E-state index contributed by atoms with van der Waals surface area (Å²) in [6.07, 6.45) is -0.877. The number of β-amino-alcohol motifs (C(OH)–C–C–N with tert-alkyl or cyclic N) is 1. The number of likely N-dealkylation sites (N-methyl/N-ethyl adjacent to an activating group) is 1. The van der Waals surface area contributed by atoms with Crippen molar-refractivity contribution in [1.29, 1.82) is 0 Å². The van der Waals surface area contributed by atoms with Gasteiger partial charge in [0.15, 0.2) is 0 Å². The first-order valence-electron chi connectivity index (χ1n) is 6.43. The predicted molar refractivity (Wildman–Crippen MR) is 71.8 cm³/mol. The van der Waals surface area contributed by atoms with Crippen LogP contribution in [0.3, 0.4) is 0 Å². The molecular weight excluding hydrogens is 260 g/mol. The summed E-state index contributed by atoms with van der Waals surface area (Å²) in [4.78, 5) is 25.5. The molecule has 0 radical (unpaired) electrons. The van der Waals surface area contributed by atoms with Crippen molar-refractivity contribution < 1.29 is 19.4 Å². The zero-order valence-corrected chi connectivity index (χ0v) is 11.4. The monoisotopic (exact) mass is 278 g/mol. The van der Waals surface area contributed by atoms with E-state index in [0.29, 0.717) is 6.61 Å². The molecule has 0 aromatic heterocycles. The molecule has 2 rings (SSSR count). The number of rotatable bonds is 6. The molecule has 1 atom stereocenters. The number of benzene rings is 1. The van der Waals surface area contributed by atoms with Crippen LogP contribution in [0.2, 0.25) is 0 Å². The summed E-state index contributed by atoms with van der Waals surface area (Å²) < 4.78 is 5.38. The number of carbonyl (C=O) groups is 2. The predicted octanol–water partition coefficient (Wildman–Crippen LogP) is 0.458. The Balaban J connectivity index is 1.74. The van der Waals surface area contributed by atoms with Gasteiger partial charge in [0.05, 0.1) is 25.9 Å². The Labute approximate surface area is 117 Å². The van der Waals surface area contributed by atoms with Crippen LogP contribution in [0.25, 0.3) is 0 Å². The Hall–Kier alpha value is -1.92. The molecule has 0 saturated carbocycles. The SMILES string of the molecule is CN1CC(=O)N(CC(O)COCc2ccccc2)C1=O. The van der Waals surface area contributed by atoms with E-state index < -0.39 is 6.10 Å². The highest BCUT2D eigenvalue weighted by Gasteiger charge is 2.34. The van der Waals surface area contributed by atoms with Gasteiger partial charge in [-0.15, -0.1) is 0 Å². The molecule has 20 heavy (non-hydrogen) atoms. The normalized spacial score (nSPS) is 16.9. The number of amides is 3. The number of ether oxygens (including phenoxy) is 1. The van der Waals surface area contributed by atoms with Crippen molar-refractivity contribution >= 4 is 11.9 Å². The van der Waals surface area contributed by atoms with Crippen molar-refractivity contribution in [3.8, 4) is 0 Å². The van der Waals surface area contributed by atoms with Crippen molar-refractivity contribution in [2.24, 2.45) is 0 Å². The zero-order valence-electron chi connectivity index (χ0n) is 11.4. The van der Waals surface area contributed by atoms with E-state index in [0.717, 1.165) is 10.5 Å². The molecular formula is C14H18N2O4. The Morgan fingerprint density at radius 1 is 1.30 bits per heavy atom. The number of nitrogens with zero attached hydrogens (tertiary/aromatic N) is 2. The summed E-state index contributed by atoms with van der Waals surface area (Å²) >= 11 is 0. The second-order valence-electron chi connectivity index (χ2n) is 4.80. The fraction of sp³-hybridized carbons (Fsp3) is 0.429. The first-order valence-corrected chi connectivity index (χ1v) is 6.43. The summed E-state index contributed by atoms with van der Waals surface area (Å²) in [7, 11) is 1.55. The summed E-state index contributed by atoms with van der Waals surface area (Å²) in [5, 5.41) is 9.82. The molecule has 1 fully saturated rings. The van der Waals surface area contributed by atoms with E-state index in [1.54, 1.807) is 7.05 Å². The van der Waals surface area contributed by atoms with Gasteiger partial charge in [0.2, 0.25) is 5.91 Å². The van der Waals surface area contributed by atoms with Crippen LogP contribution < -0.4 is 0 Å². The van der Waals surface area contributed by atoms with Crippen LogP contribution in [-0.4, -0.2) is 59.7 Å². The minimum absolute atomic E-state index is 0.0310. The van der Waals surface area contributed by atoms with Crippen LogP contribution in [0.15, 0.2) is 30.3 Å². The minimum Gasteiger partial charge on any atom is -0.389 e. The molecule has 1 aromatic carbocycles. The Morgan fingerprint density at radius 2 is 2.00 bits per heavy atom. The van der Waals surface area contributed by atoms with Crippen molar-refractivity contribution in [3.05, 3.63) is 35.9 Å². The topological polar surface area (TPSA) is 70.1 Å². The number of aliphatic hydroxyl groups is 1. The maximum Gasteiger partial charge on any atom is 0.327 e. The van der Waals surface area contributed by atoms with E-state index in [-0.39, 0.29) is 31.6 Å². The lowest BCUT2D eigenvalue weighted by Gasteiger charge is -2.18. The van der Waals surface area contributed by atoms with Gasteiger partial charge in [0.25, 0.3) is 0 Å². The molecule has 0 aliphatic carbocycles. The van der Waals surface area contributed by atoms with E-state index in [4.69, 9.17) is 4.74 Å². The van der Waals surface area contributed by atoms with E-state index in [9.17, 15) is 14.7 Å². The van der Waals surface area contributed by atoms with Crippen LogP contribution in [0.4, 0.5) is 4.79 Å². The van der Waals surface area contributed by atoms with Gasteiger partial charge in [-0.05, 0) is 5.56 Å². The molecule has 1 N–H and O–H groups in total. The number of urea groups is 1. The van der Waals surface area contributed by atoms with Crippen LogP contribution in [-0.2, 0) is 16.1 Å². The average molecular weight is 278 g/mol. The fourth-order valence-electron chi connectivity index (χ4n) is 2.00. The third-order valence-electron chi connectivity index (χ3n) is 3.05. The summed E-state index contributed by atoms with van der Waals surface area (Å²) in [6.45, 7) is 0.503. The molecule has 1 aromatic rings. The zero-order chi connectivity index (χ0) is 14.5. The summed E-state index contributed by atoms with van der Waals surface area (Å²) in [6, 6.07) is 9.21. The molecule has 1 aliphatic heterocycles. The van der Waals surface area contributed by atoms with Gasteiger partial charge >= 0.3 is 6.03 Å². The first-order chi connectivity index (χ1) is 9.58. The van der Waals surface area contributed by atoms with Gasteiger partial charge < -0.3 is 14.7 Å². The highest BCUT2D eigenvalue weighted by atomic mass is 16.5. The number of hydrogen-bond donors (Lipinski definition) is 1. The van der Waals surface area contributed by atoms with Crippen molar-refractivity contribution in [3.63, 3.8) is 0 Å². The third-order valence-corrected chi connectivity index (χ3v) is 3.05. The standard InChI is InChI=1S/C14H18N2O4/c1-15-8-13(18)16(14(15)19)7-12(17)10-20-9-11-5-3-2-4-6-11/h2-6,12,17H,7-10H2,1H3. The molecule has 6 heteroatoms. The second-order valence-corrected chi connectivity index (χ2v) is 4.80. The lowest BCUT2D eigenvalue weighted by Crippen LogP contribution is -2.39. The van der Waals surface area contributed by atoms with Gasteiger partial charge in [-0.1, -0.05) is 30.3 Å². The molecule has 1 saturated heterocycles. The fourth-order valence-corrected chi connectivity index (χ4v) is 2.00.